The second kappa shape index (κ2) is 11.2. The molecule has 4 rings (SSSR count). The van der Waals surface area contributed by atoms with Crippen LogP contribution in [0.2, 0.25) is 10.0 Å². The summed E-state index contributed by atoms with van der Waals surface area (Å²) in [6.07, 6.45) is 1.51. The van der Waals surface area contributed by atoms with E-state index in [4.69, 9.17) is 33.7 Å². The summed E-state index contributed by atoms with van der Waals surface area (Å²) in [6.45, 7) is 2.21. The van der Waals surface area contributed by atoms with E-state index >= 15 is 0 Å². The summed E-state index contributed by atoms with van der Waals surface area (Å²) >= 11 is 11.9. The molecule has 0 aliphatic heterocycles. The fraction of sp³-hybridized carbons (Fsp3) is 0.115. The summed E-state index contributed by atoms with van der Waals surface area (Å²) in [7, 11) is 1.61. The lowest BCUT2D eigenvalue weighted by atomic mass is 10.1. The lowest BCUT2D eigenvalue weighted by Crippen LogP contribution is -2.20. The zero-order valence-corrected chi connectivity index (χ0v) is 21.5. The number of urea groups is 1. The number of aryl methyl sites for hydroxylation is 1. The lowest BCUT2D eigenvalue weighted by molar-refractivity contribution is 0.102. The number of nitrogens with two attached hydrogens (primary N) is 1. The molecule has 4 aromatic rings. The third-order valence-corrected chi connectivity index (χ3v) is 6.27. The van der Waals surface area contributed by atoms with Gasteiger partial charge in [-0.15, -0.1) is 0 Å². The van der Waals surface area contributed by atoms with Gasteiger partial charge < -0.3 is 26.4 Å². The van der Waals surface area contributed by atoms with Crippen molar-refractivity contribution in [2.75, 3.05) is 28.8 Å². The summed E-state index contributed by atoms with van der Waals surface area (Å²) < 4.78 is 6.77. The van der Waals surface area contributed by atoms with Crippen molar-refractivity contribution in [3.8, 4) is 5.75 Å². The van der Waals surface area contributed by atoms with Gasteiger partial charge in [0.15, 0.2) is 0 Å². The average Bonchev–Trinajstić information content (AvgIpc) is 3.20. The molecule has 0 aliphatic carbocycles. The third-order valence-electron chi connectivity index (χ3n) is 5.53. The van der Waals surface area contributed by atoms with E-state index in [0.717, 1.165) is 11.3 Å². The first kappa shape index (κ1) is 25.9. The van der Waals surface area contributed by atoms with Gasteiger partial charge in [0.2, 0.25) is 0 Å². The Hall–Kier alpha value is -4.21. The van der Waals surface area contributed by atoms with Gasteiger partial charge in [0.1, 0.15) is 17.3 Å². The molecule has 0 unspecified atom stereocenters. The third kappa shape index (κ3) is 6.32. The first-order valence-electron chi connectivity index (χ1n) is 11.1. The predicted molar refractivity (Wildman–Crippen MR) is 147 cm³/mol. The molecule has 11 heteroatoms. The van der Waals surface area contributed by atoms with Crippen molar-refractivity contribution in [1.29, 1.82) is 0 Å². The molecule has 5 N–H and O–H groups in total. The first-order valence-corrected chi connectivity index (χ1v) is 11.9. The van der Waals surface area contributed by atoms with Crippen LogP contribution in [0.1, 0.15) is 21.5 Å². The van der Waals surface area contributed by atoms with E-state index in [9.17, 15) is 9.59 Å². The van der Waals surface area contributed by atoms with Crippen molar-refractivity contribution in [2.45, 2.75) is 13.5 Å². The fourth-order valence-electron chi connectivity index (χ4n) is 3.57. The molecule has 1 aromatic heterocycles. The molecule has 37 heavy (non-hydrogen) atoms. The minimum absolute atomic E-state index is 0.331. The second-order valence-electron chi connectivity index (χ2n) is 8.14. The number of benzene rings is 3. The monoisotopic (exact) mass is 538 g/mol. The predicted octanol–water partition coefficient (Wildman–Crippen LogP) is 6.03. The fourth-order valence-corrected chi connectivity index (χ4v) is 3.87. The number of hydrogen-bond donors (Lipinski definition) is 4. The maximum atomic E-state index is 12.9. The maximum Gasteiger partial charge on any atom is 0.323 e. The Bertz CT molecular complexity index is 1450. The van der Waals surface area contributed by atoms with Crippen molar-refractivity contribution in [1.82, 2.24) is 9.78 Å². The van der Waals surface area contributed by atoms with Gasteiger partial charge in [0.25, 0.3) is 5.91 Å². The highest BCUT2D eigenvalue weighted by Crippen LogP contribution is 2.26. The smallest absolute Gasteiger partial charge is 0.323 e. The molecule has 0 saturated carbocycles. The SMILES string of the molecule is COc1ccc(Cn2ncc(NC(=O)c3ccc(NC(=O)Nc4ccc(Cl)c(Cl)c4)cc3C)c2N)cc1. The van der Waals surface area contributed by atoms with Crippen molar-refractivity contribution in [3.63, 3.8) is 0 Å². The number of aromatic nitrogens is 2. The number of nitrogen functional groups attached to an aromatic ring is 1. The maximum absolute atomic E-state index is 12.9. The number of carbonyl (C=O) groups is 2. The average molecular weight is 539 g/mol. The number of rotatable bonds is 7. The molecule has 0 radical (unpaired) electrons. The Labute approximate surface area is 223 Å². The van der Waals surface area contributed by atoms with Crippen molar-refractivity contribution < 1.29 is 14.3 Å². The molecule has 0 spiro atoms. The van der Waals surface area contributed by atoms with Crippen LogP contribution in [0, 0.1) is 6.92 Å². The number of carbonyl (C=O) groups excluding carboxylic acids is 2. The molecule has 0 saturated heterocycles. The van der Waals surface area contributed by atoms with E-state index in [1.165, 1.54) is 6.20 Å². The topological polar surface area (TPSA) is 123 Å². The second-order valence-corrected chi connectivity index (χ2v) is 8.96. The Balaban J connectivity index is 1.38. The van der Waals surface area contributed by atoms with Crippen molar-refractivity contribution in [2.24, 2.45) is 0 Å². The number of nitrogens with zero attached hydrogens (tertiary/aromatic N) is 2. The van der Waals surface area contributed by atoms with Crippen LogP contribution in [0.25, 0.3) is 0 Å². The Morgan fingerprint density at radius 1 is 0.946 bits per heavy atom. The number of anilines is 4. The number of amides is 3. The largest absolute Gasteiger partial charge is 0.497 e. The molecule has 3 aromatic carbocycles. The summed E-state index contributed by atoms with van der Waals surface area (Å²) in [5.41, 5.74) is 9.70. The quantitative estimate of drug-likeness (QED) is 0.228. The molecule has 0 atom stereocenters. The summed E-state index contributed by atoms with van der Waals surface area (Å²) in [5, 5.41) is 13.2. The van der Waals surface area contributed by atoms with Gasteiger partial charge in [-0.25, -0.2) is 9.48 Å². The molecule has 0 bridgehead atoms. The van der Waals surface area contributed by atoms with Gasteiger partial charge >= 0.3 is 6.03 Å². The van der Waals surface area contributed by atoms with Crippen LogP contribution in [0.5, 0.6) is 5.75 Å². The number of ether oxygens (including phenoxy) is 1. The Morgan fingerprint density at radius 2 is 1.62 bits per heavy atom. The summed E-state index contributed by atoms with van der Waals surface area (Å²) in [4.78, 5) is 25.3. The number of methoxy groups -OCH3 is 1. The van der Waals surface area contributed by atoms with Crippen molar-refractivity contribution >= 4 is 58.0 Å². The van der Waals surface area contributed by atoms with Crippen LogP contribution in [0.3, 0.4) is 0 Å². The minimum Gasteiger partial charge on any atom is -0.497 e. The van der Waals surface area contributed by atoms with E-state index in [-0.39, 0.29) is 5.91 Å². The normalized spacial score (nSPS) is 10.6. The Morgan fingerprint density at radius 3 is 2.27 bits per heavy atom. The molecule has 0 aliphatic rings. The van der Waals surface area contributed by atoms with Gasteiger partial charge in [-0.05, 0) is 66.6 Å². The van der Waals surface area contributed by atoms with Crippen LogP contribution in [-0.4, -0.2) is 28.8 Å². The highest BCUT2D eigenvalue weighted by Gasteiger charge is 2.15. The van der Waals surface area contributed by atoms with Gasteiger partial charge in [-0.1, -0.05) is 35.3 Å². The number of halogens is 2. The van der Waals surface area contributed by atoms with Crippen LogP contribution >= 0.6 is 23.2 Å². The number of nitrogens with one attached hydrogen (secondary N) is 3. The van der Waals surface area contributed by atoms with Crippen LogP contribution < -0.4 is 26.4 Å². The molecule has 0 fully saturated rings. The molecule has 9 nitrogen and oxygen atoms in total. The van der Waals surface area contributed by atoms with E-state index in [0.29, 0.717) is 50.6 Å². The van der Waals surface area contributed by atoms with Crippen LogP contribution in [0.4, 0.5) is 27.7 Å². The minimum atomic E-state index is -0.466. The molecule has 190 valence electrons. The van der Waals surface area contributed by atoms with Gasteiger partial charge in [-0.3, -0.25) is 4.79 Å². The van der Waals surface area contributed by atoms with E-state index < -0.39 is 6.03 Å². The van der Waals surface area contributed by atoms with Crippen LogP contribution in [-0.2, 0) is 6.54 Å². The molecular weight excluding hydrogens is 515 g/mol. The van der Waals surface area contributed by atoms with E-state index in [1.54, 1.807) is 55.1 Å². The number of hydrogen-bond acceptors (Lipinski definition) is 5. The molecule has 1 heterocycles. The summed E-state index contributed by atoms with van der Waals surface area (Å²) in [5.74, 6) is 0.743. The standard InChI is InChI=1S/C26H24Cl2N6O3/c1-15-11-17(31-26(36)32-18-6-10-21(27)22(28)12-18)5-9-20(15)25(35)33-23-13-30-34(24(23)29)14-16-3-7-19(37-2)8-4-16/h3-13H,14,29H2,1-2H3,(H,33,35)(H2,31,32,36). The lowest BCUT2D eigenvalue weighted by Gasteiger charge is -2.12. The summed E-state index contributed by atoms with van der Waals surface area (Å²) in [6, 6.07) is 16.8. The highest BCUT2D eigenvalue weighted by atomic mass is 35.5. The van der Waals surface area contributed by atoms with Gasteiger partial charge in [-0.2, -0.15) is 5.10 Å². The van der Waals surface area contributed by atoms with Gasteiger partial charge in [0, 0.05) is 16.9 Å². The van der Waals surface area contributed by atoms with Crippen LogP contribution in [0.15, 0.2) is 66.9 Å². The van der Waals surface area contributed by atoms with E-state index in [1.807, 2.05) is 24.3 Å². The highest BCUT2D eigenvalue weighted by molar-refractivity contribution is 6.42. The Kier molecular flexibility index (Phi) is 7.86. The first-order chi connectivity index (χ1) is 17.7. The zero-order valence-electron chi connectivity index (χ0n) is 20.0. The van der Waals surface area contributed by atoms with Gasteiger partial charge in [0.05, 0.1) is 29.9 Å². The molecule has 3 amide bonds. The zero-order chi connectivity index (χ0) is 26.5. The van der Waals surface area contributed by atoms with E-state index in [2.05, 4.69) is 21.0 Å². The molecular formula is C26H24Cl2N6O3. The van der Waals surface area contributed by atoms with Crippen molar-refractivity contribution in [3.05, 3.63) is 93.6 Å².